The second-order valence-electron chi connectivity index (χ2n) is 4.76. The Morgan fingerprint density at radius 2 is 2.00 bits per heavy atom. The van der Waals surface area contributed by atoms with Crippen LogP contribution in [0.5, 0.6) is 5.75 Å². The van der Waals surface area contributed by atoms with Crippen LogP contribution >= 0.6 is 0 Å². The third-order valence-electron chi connectivity index (χ3n) is 3.34. The molecule has 0 saturated carbocycles. The van der Waals surface area contributed by atoms with Gasteiger partial charge in [-0.3, -0.25) is 0 Å². The number of benzene rings is 1. The molecule has 0 saturated heterocycles. The molecule has 0 aliphatic carbocycles. The number of unbranched alkanes of at least 4 members (excludes halogenated alkanes) is 1. The molecule has 2 rings (SSSR count). The van der Waals surface area contributed by atoms with Crippen molar-refractivity contribution >= 4 is 17.0 Å². The van der Waals surface area contributed by atoms with Crippen LogP contribution in [0.3, 0.4) is 0 Å². The molecule has 0 atom stereocenters. The Morgan fingerprint density at radius 3 is 2.76 bits per heavy atom. The number of imidazole rings is 1. The van der Waals surface area contributed by atoms with Crippen molar-refractivity contribution in [2.75, 3.05) is 39.8 Å². The summed E-state index contributed by atoms with van der Waals surface area (Å²) in [6.07, 6.45) is 1.96. The van der Waals surface area contributed by atoms with Crippen molar-refractivity contribution in [3.05, 3.63) is 18.2 Å². The maximum absolute atomic E-state index is 6.01. The number of nitrogens with zero attached hydrogens (tertiary/aromatic N) is 2. The van der Waals surface area contributed by atoms with E-state index in [1.54, 1.807) is 14.2 Å². The summed E-state index contributed by atoms with van der Waals surface area (Å²) >= 11 is 0. The lowest BCUT2D eigenvalue weighted by molar-refractivity contribution is 0.0684. The molecule has 0 aliphatic heterocycles. The molecule has 0 spiro atoms. The quantitative estimate of drug-likeness (QED) is 0.717. The van der Waals surface area contributed by atoms with Crippen LogP contribution in [-0.2, 0) is 16.0 Å². The van der Waals surface area contributed by atoms with Gasteiger partial charge in [0.2, 0.25) is 5.95 Å². The minimum Gasteiger partial charge on any atom is -0.494 e. The maximum atomic E-state index is 6.01. The van der Waals surface area contributed by atoms with Crippen molar-refractivity contribution in [3.63, 3.8) is 0 Å². The van der Waals surface area contributed by atoms with Gasteiger partial charge >= 0.3 is 0 Å². The van der Waals surface area contributed by atoms with Crippen molar-refractivity contribution in [1.82, 2.24) is 9.55 Å². The van der Waals surface area contributed by atoms with Gasteiger partial charge in [0.1, 0.15) is 11.3 Å². The molecule has 0 unspecified atom stereocenters. The van der Waals surface area contributed by atoms with Crippen LogP contribution in [0.1, 0.15) is 12.8 Å². The van der Waals surface area contributed by atoms with Gasteiger partial charge in [-0.15, -0.1) is 0 Å². The first-order chi connectivity index (χ1) is 10.3. The molecular formula is C15H23N3O3. The molecule has 0 amide bonds. The van der Waals surface area contributed by atoms with E-state index in [0.29, 0.717) is 19.2 Å². The number of hydrogen-bond donors (Lipinski definition) is 1. The summed E-state index contributed by atoms with van der Waals surface area (Å²) in [6, 6.07) is 5.85. The lowest BCUT2D eigenvalue weighted by atomic mass is 10.2. The fourth-order valence-corrected chi connectivity index (χ4v) is 2.26. The molecular weight excluding hydrogens is 270 g/mol. The molecule has 1 heterocycles. The molecule has 2 aromatic rings. The number of methoxy groups -OCH3 is 2. The second-order valence-corrected chi connectivity index (χ2v) is 4.76. The number of rotatable bonds is 9. The zero-order valence-corrected chi connectivity index (χ0v) is 12.7. The highest BCUT2D eigenvalue weighted by molar-refractivity contribution is 5.84. The molecule has 0 aliphatic rings. The number of nitrogen functional groups attached to an aromatic ring is 1. The minimum absolute atomic E-state index is 0.523. The van der Waals surface area contributed by atoms with E-state index in [2.05, 4.69) is 4.98 Å². The van der Waals surface area contributed by atoms with Crippen molar-refractivity contribution < 1.29 is 14.2 Å². The normalized spacial score (nSPS) is 11.1. The van der Waals surface area contributed by atoms with Crippen LogP contribution in [-0.4, -0.2) is 43.6 Å². The Balaban J connectivity index is 1.91. The van der Waals surface area contributed by atoms with Crippen LogP contribution in [0.25, 0.3) is 11.0 Å². The van der Waals surface area contributed by atoms with E-state index in [0.717, 1.165) is 42.8 Å². The van der Waals surface area contributed by atoms with Crippen LogP contribution in [0.2, 0.25) is 0 Å². The van der Waals surface area contributed by atoms with Crippen molar-refractivity contribution in [1.29, 1.82) is 0 Å². The van der Waals surface area contributed by atoms with Gasteiger partial charge in [0.15, 0.2) is 0 Å². The number of nitrogens with two attached hydrogens (primary N) is 1. The Kier molecular flexibility index (Phi) is 5.83. The number of aryl methyl sites for hydroxylation is 1. The van der Waals surface area contributed by atoms with E-state index < -0.39 is 0 Å². The molecule has 6 nitrogen and oxygen atoms in total. The highest BCUT2D eigenvalue weighted by Crippen LogP contribution is 2.26. The molecule has 21 heavy (non-hydrogen) atoms. The molecule has 6 heteroatoms. The van der Waals surface area contributed by atoms with Crippen LogP contribution in [0.15, 0.2) is 18.2 Å². The van der Waals surface area contributed by atoms with E-state index in [-0.39, 0.29) is 0 Å². The van der Waals surface area contributed by atoms with Gasteiger partial charge in [0.25, 0.3) is 0 Å². The van der Waals surface area contributed by atoms with Gasteiger partial charge in [-0.25, -0.2) is 4.98 Å². The van der Waals surface area contributed by atoms with E-state index >= 15 is 0 Å². The molecule has 0 radical (unpaired) electrons. The van der Waals surface area contributed by atoms with Gasteiger partial charge in [0.05, 0.1) is 25.8 Å². The summed E-state index contributed by atoms with van der Waals surface area (Å²) in [5.74, 6) is 1.27. The van der Waals surface area contributed by atoms with Crippen LogP contribution < -0.4 is 10.5 Å². The third kappa shape index (κ3) is 3.86. The van der Waals surface area contributed by atoms with Crippen LogP contribution in [0.4, 0.5) is 5.95 Å². The number of aromatic nitrogens is 2. The Bertz CT molecular complexity index is 569. The van der Waals surface area contributed by atoms with Gasteiger partial charge in [-0.2, -0.15) is 0 Å². The number of para-hydroxylation sites is 1. The molecule has 0 fully saturated rings. The third-order valence-corrected chi connectivity index (χ3v) is 3.34. The Labute approximate surface area is 124 Å². The van der Waals surface area contributed by atoms with Gasteiger partial charge < -0.3 is 24.5 Å². The van der Waals surface area contributed by atoms with Gasteiger partial charge in [-0.05, 0) is 25.0 Å². The fraction of sp³-hybridized carbons (Fsp3) is 0.533. The molecule has 116 valence electrons. The van der Waals surface area contributed by atoms with Gasteiger partial charge in [-0.1, -0.05) is 6.07 Å². The topological polar surface area (TPSA) is 71.5 Å². The summed E-state index contributed by atoms with van der Waals surface area (Å²) in [4.78, 5) is 4.39. The van der Waals surface area contributed by atoms with Crippen molar-refractivity contribution in [3.8, 4) is 5.75 Å². The van der Waals surface area contributed by atoms with E-state index in [1.165, 1.54) is 0 Å². The summed E-state index contributed by atoms with van der Waals surface area (Å²) in [7, 11) is 3.31. The lowest BCUT2D eigenvalue weighted by Crippen LogP contribution is -2.06. The highest BCUT2D eigenvalue weighted by atomic mass is 16.5. The van der Waals surface area contributed by atoms with Crippen LogP contribution in [0, 0.1) is 0 Å². The fourth-order valence-electron chi connectivity index (χ4n) is 2.26. The minimum atomic E-state index is 0.523. The zero-order valence-electron chi connectivity index (χ0n) is 12.7. The number of fused-ring (bicyclic) bond motifs is 1. The average Bonchev–Trinajstić information content (AvgIpc) is 2.82. The van der Waals surface area contributed by atoms with E-state index in [9.17, 15) is 0 Å². The summed E-state index contributed by atoms with van der Waals surface area (Å²) in [5, 5.41) is 0. The average molecular weight is 293 g/mol. The predicted octanol–water partition coefficient (Wildman–Crippen LogP) is 2.07. The van der Waals surface area contributed by atoms with E-state index in [4.69, 9.17) is 19.9 Å². The van der Waals surface area contributed by atoms with Crippen molar-refractivity contribution in [2.24, 2.45) is 0 Å². The predicted molar refractivity (Wildman–Crippen MR) is 82.6 cm³/mol. The second kappa shape index (κ2) is 7.85. The summed E-state index contributed by atoms with van der Waals surface area (Å²) < 4.78 is 17.7. The Morgan fingerprint density at radius 1 is 1.14 bits per heavy atom. The largest absolute Gasteiger partial charge is 0.494 e. The van der Waals surface area contributed by atoms with E-state index in [1.807, 2.05) is 22.8 Å². The maximum Gasteiger partial charge on any atom is 0.201 e. The first kappa shape index (κ1) is 15.6. The SMILES string of the molecule is COCCOCCCCn1c(N)nc2c(OC)cccc21. The molecule has 2 N–H and O–H groups in total. The number of hydrogen-bond acceptors (Lipinski definition) is 5. The lowest BCUT2D eigenvalue weighted by Gasteiger charge is -2.07. The monoisotopic (exact) mass is 293 g/mol. The number of anilines is 1. The van der Waals surface area contributed by atoms with Crippen molar-refractivity contribution in [2.45, 2.75) is 19.4 Å². The summed E-state index contributed by atoms with van der Waals surface area (Å²) in [6.45, 7) is 2.84. The highest BCUT2D eigenvalue weighted by Gasteiger charge is 2.11. The molecule has 0 bridgehead atoms. The zero-order chi connectivity index (χ0) is 15.1. The first-order valence-corrected chi connectivity index (χ1v) is 7.13. The molecule has 1 aromatic carbocycles. The standard InChI is InChI=1S/C15H23N3O3/c1-19-10-11-21-9-4-3-8-18-12-6-5-7-13(20-2)14(12)17-15(18)16/h5-7H,3-4,8-11H2,1-2H3,(H2,16,17). The molecule has 1 aromatic heterocycles. The van der Waals surface area contributed by atoms with Gasteiger partial charge in [0, 0.05) is 20.3 Å². The smallest absolute Gasteiger partial charge is 0.201 e. The Hall–Kier alpha value is -1.79. The summed E-state index contributed by atoms with van der Waals surface area (Å²) in [5.41, 5.74) is 7.83. The number of ether oxygens (including phenoxy) is 3. The first-order valence-electron chi connectivity index (χ1n) is 7.13.